The third-order valence-corrected chi connectivity index (χ3v) is 4.71. The Morgan fingerprint density at radius 2 is 1.82 bits per heavy atom. The van der Waals surface area contributed by atoms with Crippen molar-refractivity contribution in [3.63, 3.8) is 0 Å². The standard InChI is InChI=1S/C22H21N5O/c28-20(12-11-17-7-2-1-3-8-17)27-16-6-9-18(27)21-22(25-15-14-24-21)26-19-10-4-5-13-23-19/h1-5,7-8,10-15,18H,6,9,16H2,(H,23,25,26)/b12-11+/t18-/m1/s1. The Kier molecular flexibility index (Phi) is 5.38. The summed E-state index contributed by atoms with van der Waals surface area (Å²) in [7, 11) is 0. The van der Waals surface area contributed by atoms with E-state index in [1.54, 1.807) is 24.7 Å². The summed E-state index contributed by atoms with van der Waals surface area (Å²) < 4.78 is 0. The molecule has 3 aromatic rings. The van der Waals surface area contributed by atoms with E-state index in [1.807, 2.05) is 59.5 Å². The van der Waals surface area contributed by atoms with Gasteiger partial charge in [-0.05, 0) is 36.6 Å². The van der Waals surface area contributed by atoms with Crippen LogP contribution >= 0.6 is 0 Å². The first kappa shape index (κ1) is 17.9. The van der Waals surface area contributed by atoms with Crippen LogP contribution in [-0.4, -0.2) is 32.3 Å². The van der Waals surface area contributed by atoms with E-state index in [-0.39, 0.29) is 11.9 Å². The van der Waals surface area contributed by atoms with Gasteiger partial charge in [-0.3, -0.25) is 9.78 Å². The largest absolute Gasteiger partial charge is 0.330 e. The van der Waals surface area contributed by atoms with Crippen molar-refractivity contribution in [1.82, 2.24) is 19.9 Å². The third kappa shape index (κ3) is 4.06. The quantitative estimate of drug-likeness (QED) is 0.687. The van der Waals surface area contributed by atoms with Gasteiger partial charge in [-0.2, -0.15) is 0 Å². The molecule has 6 nitrogen and oxygen atoms in total. The molecule has 2 aromatic heterocycles. The van der Waals surface area contributed by atoms with Crippen molar-refractivity contribution >= 4 is 23.6 Å². The van der Waals surface area contributed by atoms with Crippen molar-refractivity contribution < 1.29 is 4.79 Å². The molecule has 1 aromatic carbocycles. The number of aromatic nitrogens is 3. The highest BCUT2D eigenvalue weighted by molar-refractivity contribution is 5.92. The molecule has 3 heterocycles. The van der Waals surface area contributed by atoms with Gasteiger partial charge < -0.3 is 10.2 Å². The lowest BCUT2D eigenvalue weighted by atomic mass is 10.1. The number of amides is 1. The van der Waals surface area contributed by atoms with Gasteiger partial charge in [0.05, 0.1) is 6.04 Å². The second kappa shape index (κ2) is 8.43. The Hall–Kier alpha value is -3.54. The Morgan fingerprint density at radius 3 is 2.64 bits per heavy atom. The molecule has 0 spiro atoms. The van der Waals surface area contributed by atoms with E-state index >= 15 is 0 Å². The van der Waals surface area contributed by atoms with E-state index in [0.717, 1.165) is 24.1 Å². The van der Waals surface area contributed by atoms with E-state index in [1.165, 1.54) is 0 Å². The van der Waals surface area contributed by atoms with Gasteiger partial charge in [-0.1, -0.05) is 36.4 Å². The highest BCUT2D eigenvalue weighted by atomic mass is 16.2. The zero-order valence-electron chi connectivity index (χ0n) is 15.4. The topological polar surface area (TPSA) is 71.0 Å². The van der Waals surface area contributed by atoms with Crippen LogP contribution < -0.4 is 5.32 Å². The monoisotopic (exact) mass is 371 g/mol. The average molecular weight is 371 g/mol. The number of hydrogen-bond donors (Lipinski definition) is 1. The van der Waals surface area contributed by atoms with Crippen LogP contribution in [0.1, 0.15) is 30.1 Å². The summed E-state index contributed by atoms with van der Waals surface area (Å²) in [6, 6.07) is 15.4. The maximum atomic E-state index is 12.8. The molecule has 1 amide bonds. The summed E-state index contributed by atoms with van der Waals surface area (Å²) in [5.74, 6) is 1.32. The van der Waals surface area contributed by atoms with Gasteiger partial charge in [-0.25, -0.2) is 9.97 Å². The van der Waals surface area contributed by atoms with Crippen LogP contribution in [0, 0.1) is 0 Å². The van der Waals surface area contributed by atoms with Crippen LogP contribution in [0.15, 0.2) is 73.2 Å². The van der Waals surface area contributed by atoms with Gasteiger partial charge in [0.2, 0.25) is 5.91 Å². The van der Waals surface area contributed by atoms with Crippen LogP contribution in [0.2, 0.25) is 0 Å². The summed E-state index contributed by atoms with van der Waals surface area (Å²) in [5, 5.41) is 3.23. The van der Waals surface area contributed by atoms with Gasteiger partial charge in [0.15, 0.2) is 5.82 Å². The molecule has 1 N–H and O–H groups in total. The van der Waals surface area contributed by atoms with E-state index in [0.29, 0.717) is 18.2 Å². The molecule has 1 saturated heterocycles. The smallest absolute Gasteiger partial charge is 0.247 e. The minimum Gasteiger partial charge on any atom is -0.330 e. The number of rotatable bonds is 5. The lowest BCUT2D eigenvalue weighted by molar-refractivity contribution is -0.126. The summed E-state index contributed by atoms with van der Waals surface area (Å²) in [4.78, 5) is 28.0. The third-order valence-electron chi connectivity index (χ3n) is 4.71. The summed E-state index contributed by atoms with van der Waals surface area (Å²) in [5.41, 5.74) is 1.77. The van der Waals surface area contributed by atoms with E-state index in [9.17, 15) is 4.79 Å². The average Bonchev–Trinajstić information content (AvgIpc) is 3.24. The summed E-state index contributed by atoms with van der Waals surface area (Å²) >= 11 is 0. The molecule has 1 fully saturated rings. The lowest BCUT2D eigenvalue weighted by Gasteiger charge is -2.24. The molecular formula is C22H21N5O. The SMILES string of the molecule is O=C(/C=C/c1ccccc1)N1CCC[C@@H]1c1nccnc1Nc1ccccn1. The number of hydrogen-bond acceptors (Lipinski definition) is 5. The number of nitrogens with zero attached hydrogens (tertiary/aromatic N) is 4. The van der Waals surface area contributed by atoms with Crippen molar-refractivity contribution in [1.29, 1.82) is 0 Å². The molecule has 6 heteroatoms. The van der Waals surface area contributed by atoms with Crippen molar-refractivity contribution in [3.8, 4) is 0 Å². The summed E-state index contributed by atoms with van der Waals surface area (Å²) in [6.07, 6.45) is 10.3. The molecule has 1 atom stereocenters. The van der Waals surface area contributed by atoms with E-state index in [2.05, 4.69) is 20.3 Å². The first-order chi connectivity index (χ1) is 13.8. The van der Waals surface area contributed by atoms with Crippen molar-refractivity contribution in [3.05, 3.63) is 84.5 Å². The number of pyridine rings is 1. The van der Waals surface area contributed by atoms with Gasteiger partial charge in [0, 0.05) is 31.2 Å². The number of carbonyl (C=O) groups excluding carboxylic acids is 1. The highest BCUT2D eigenvalue weighted by Gasteiger charge is 2.32. The minimum atomic E-state index is -0.104. The van der Waals surface area contributed by atoms with Gasteiger partial charge in [0.1, 0.15) is 11.5 Å². The van der Waals surface area contributed by atoms with E-state index < -0.39 is 0 Å². The number of benzene rings is 1. The van der Waals surface area contributed by atoms with Crippen LogP contribution in [0.3, 0.4) is 0 Å². The van der Waals surface area contributed by atoms with Gasteiger partial charge in [0.25, 0.3) is 0 Å². The molecular weight excluding hydrogens is 350 g/mol. The maximum absolute atomic E-state index is 12.8. The van der Waals surface area contributed by atoms with Crippen molar-refractivity contribution in [2.75, 3.05) is 11.9 Å². The fraction of sp³-hybridized carbons (Fsp3) is 0.182. The molecule has 0 saturated carbocycles. The first-order valence-electron chi connectivity index (χ1n) is 9.34. The molecule has 1 aliphatic rings. The maximum Gasteiger partial charge on any atom is 0.247 e. The van der Waals surface area contributed by atoms with E-state index in [4.69, 9.17) is 0 Å². The van der Waals surface area contributed by atoms with Crippen molar-refractivity contribution in [2.24, 2.45) is 0 Å². The minimum absolute atomic E-state index is 0.0132. The van der Waals surface area contributed by atoms with Gasteiger partial charge in [-0.15, -0.1) is 0 Å². The number of carbonyl (C=O) groups is 1. The highest BCUT2D eigenvalue weighted by Crippen LogP contribution is 2.34. The molecule has 140 valence electrons. The molecule has 1 aliphatic heterocycles. The van der Waals surface area contributed by atoms with Crippen LogP contribution in [0.25, 0.3) is 6.08 Å². The fourth-order valence-corrected chi connectivity index (χ4v) is 3.39. The van der Waals surface area contributed by atoms with Gasteiger partial charge >= 0.3 is 0 Å². The molecule has 4 rings (SSSR count). The Morgan fingerprint density at radius 1 is 1.00 bits per heavy atom. The summed E-state index contributed by atoms with van der Waals surface area (Å²) in [6.45, 7) is 0.711. The number of nitrogens with one attached hydrogen (secondary N) is 1. The Bertz CT molecular complexity index is 959. The van der Waals surface area contributed by atoms with Crippen LogP contribution in [-0.2, 0) is 4.79 Å². The predicted octanol–water partition coefficient (Wildman–Crippen LogP) is 3.99. The number of anilines is 2. The zero-order valence-corrected chi connectivity index (χ0v) is 15.4. The fourth-order valence-electron chi connectivity index (χ4n) is 3.39. The van der Waals surface area contributed by atoms with Crippen LogP contribution in [0.5, 0.6) is 0 Å². The second-order valence-corrected chi connectivity index (χ2v) is 6.56. The molecule has 0 radical (unpaired) electrons. The normalized spacial score (nSPS) is 16.4. The molecule has 0 unspecified atom stereocenters. The molecule has 28 heavy (non-hydrogen) atoms. The first-order valence-corrected chi connectivity index (χ1v) is 9.34. The molecule has 0 aliphatic carbocycles. The Labute approximate surface area is 164 Å². The predicted molar refractivity (Wildman–Crippen MR) is 109 cm³/mol. The Balaban J connectivity index is 1.55. The zero-order chi connectivity index (χ0) is 19.2. The van der Waals surface area contributed by atoms with Crippen molar-refractivity contribution in [2.45, 2.75) is 18.9 Å². The van der Waals surface area contributed by atoms with Crippen LogP contribution in [0.4, 0.5) is 11.6 Å². The number of likely N-dealkylation sites (tertiary alicyclic amines) is 1. The lowest BCUT2D eigenvalue weighted by Crippen LogP contribution is -2.30. The molecule has 0 bridgehead atoms. The second-order valence-electron chi connectivity index (χ2n) is 6.56.